The number of rotatable bonds is 5. The summed E-state index contributed by atoms with van der Waals surface area (Å²) in [5.74, 6) is 0. The van der Waals surface area contributed by atoms with Crippen LogP contribution in [0.1, 0.15) is 5.56 Å². The van der Waals surface area contributed by atoms with Crippen LogP contribution in [0.15, 0.2) is 121 Å². The molecule has 0 fully saturated rings. The Labute approximate surface area is 218 Å². The molecule has 159 valence electrons. The van der Waals surface area contributed by atoms with Crippen molar-refractivity contribution in [2.45, 2.75) is 6.16 Å². The summed E-state index contributed by atoms with van der Waals surface area (Å²) in [4.78, 5) is 0. The SMILES string of the molecule is [I][Cu-]([I])[I].c1ccc(C[P+](c2ccccc2)(c2ccccc2)c2ccccc2)cc1. The molecule has 0 aliphatic heterocycles. The fraction of sp³-hybridized carbons (Fsp3) is 0.0400. The van der Waals surface area contributed by atoms with Gasteiger partial charge in [-0.2, -0.15) is 0 Å². The van der Waals surface area contributed by atoms with Gasteiger partial charge in [0.2, 0.25) is 0 Å². The van der Waals surface area contributed by atoms with E-state index in [9.17, 15) is 0 Å². The monoisotopic (exact) mass is 797 g/mol. The predicted molar refractivity (Wildman–Crippen MR) is 157 cm³/mol. The van der Waals surface area contributed by atoms with Gasteiger partial charge in [0, 0.05) is 0 Å². The second-order valence-corrected chi connectivity index (χ2v) is 33.9. The van der Waals surface area contributed by atoms with Crippen LogP contribution in [0.5, 0.6) is 0 Å². The van der Waals surface area contributed by atoms with E-state index in [0.29, 0.717) is 4.15 Å². The first-order valence-corrected chi connectivity index (χ1v) is 20.4. The number of benzene rings is 4. The van der Waals surface area contributed by atoms with Crippen LogP contribution in [0.3, 0.4) is 0 Å². The Morgan fingerprint density at radius 1 is 0.467 bits per heavy atom. The van der Waals surface area contributed by atoms with Crippen molar-refractivity contribution in [3.63, 3.8) is 0 Å². The molecule has 0 N–H and O–H groups in total. The van der Waals surface area contributed by atoms with Crippen LogP contribution in [-0.4, -0.2) is 0 Å². The minimum Gasteiger partial charge on any atom is -0.0622 e. The maximum Gasteiger partial charge on any atom is 0.116 e. The molecular weight excluding hydrogens is 776 g/mol. The van der Waals surface area contributed by atoms with Crippen molar-refractivity contribution in [1.29, 1.82) is 0 Å². The molecule has 0 heterocycles. The van der Waals surface area contributed by atoms with Crippen LogP contribution in [0, 0.1) is 0 Å². The van der Waals surface area contributed by atoms with Gasteiger partial charge in [0.25, 0.3) is 0 Å². The Morgan fingerprint density at radius 3 is 1.03 bits per heavy atom. The van der Waals surface area contributed by atoms with Crippen LogP contribution >= 0.6 is 68.3 Å². The van der Waals surface area contributed by atoms with Crippen molar-refractivity contribution in [2.24, 2.45) is 0 Å². The second-order valence-electron chi connectivity index (χ2n) is 6.59. The molecule has 0 nitrogen and oxygen atoms in total. The molecule has 5 heteroatoms. The van der Waals surface area contributed by atoms with Gasteiger partial charge in [-0.1, -0.05) is 84.9 Å². The van der Waals surface area contributed by atoms with Gasteiger partial charge in [-0.25, -0.2) is 0 Å². The number of hydrogen-bond acceptors (Lipinski definition) is 0. The average Bonchev–Trinajstić information content (AvgIpc) is 2.80. The minimum absolute atomic E-state index is 0.597. The van der Waals surface area contributed by atoms with Crippen LogP contribution in [0.2, 0.25) is 0 Å². The quantitative estimate of drug-likeness (QED) is 0.110. The maximum atomic E-state index is 2.34. The molecule has 0 saturated carbocycles. The third-order valence-corrected chi connectivity index (χ3v) is 9.23. The van der Waals surface area contributed by atoms with E-state index >= 15 is 0 Å². The van der Waals surface area contributed by atoms with Crippen LogP contribution < -0.4 is 15.9 Å². The predicted octanol–water partition coefficient (Wildman–Crippen LogP) is 7.84. The van der Waals surface area contributed by atoms with Gasteiger partial charge in [-0.3, -0.25) is 0 Å². The van der Waals surface area contributed by atoms with Gasteiger partial charge >= 0.3 is 65.2 Å². The van der Waals surface area contributed by atoms with Crippen molar-refractivity contribution in [2.75, 3.05) is 0 Å². The maximum absolute atomic E-state index is 2.34. The molecule has 4 rings (SSSR count). The molecule has 4 aromatic rings. The molecule has 0 aliphatic rings. The molecule has 30 heavy (non-hydrogen) atoms. The Bertz CT molecular complexity index is 898. The number of halogens is 3. The fourth-order valence-corrected chi connectivity index (χ4v) is 7.87. The third kappa shape index (κ3) is 6.76. The van der Waals surface area contributed by atoms with Crippen LogP contribution in [0.4, 0.5) is 0 Å². The Kier molecular flexibility index (Phi) is 10.6. The van der Waals surface area contributed by atoms with Gasteiger partial charge in [0.15, 0.2) is 0 Å². The first kappa shape index (κ1) is 24.7. The first-order chi connectivity index (χ1) is 14.6. The zero-order valence-electron chi connectivity index (χ0n) is 16.1. The van der Waals surface area contributed by atoms with E-state index in [1.165, 1.54) is 21.5 Å². The van der Waals surface area contributed by atoms with Crippen molar-refractivity contribution in [3.8, 4) is 0 Å². The van der Waals surface area contributed by atoms with Gasteiger partial charge < -0.3 is 0 Å². The molecule has 0 radical (unpaired) electrons. The zero-order chi connectivity index (χ0) is 21.2. The van der Waals surface area contributed by atoms with E-state index in [2.05, 4.69) is 182 Å². The molecule has 0 spiro atoms. The van der Waals surface area contributed by atoms with Gasteiger partial charge in [0.05, 0.1) is 6.16 Å². The molecular formula is C25H22CuI3P. The number of hydrogen-bond donors (Lipinski definition) is 0. The second kappa shape index (κ2) is 12.9. The standard InChI is InChI=1S/C25H22P.Cu.3HI/c1-5-13-22(14-6-1)21-26(23-15-7-2-8-16-23,24-17-9-3-10-18-24)25-19-11-4-12-20-25;;;;/h1-20H,21H2;;3*1H/q+1;+2;;;/p-3. The Hall–Kier alpha value is 0.0195. The summed E-state index contributed by atoms with van der Waals surface area (Å²) in [6.07, 6.45) is 1.03. The molecule has 0 bridgehead atoms. The largest absolute Gasteiger partial charge is 0.116 e. The van der Waals surface area contributed by atoms with Gasteiger partial charge in [-0.15, -0.1) is 0 Å². The third-order valence-electron chi connectivity index (χ3n) is 4.85. The Morgan fingerprint density at radius 2 is 0.733 bits per heavy atom. The molecule has 0 aromatic heterocycles. The van der Waals surface area contributed by atoms with Crippen molar-refractivity contribution in [3.05, 3.63) is 127 Å². The summed E-state index contributed by atoms with van der Waals surface area (Å²) >= 11 is 7.01. The molecule has 0 unspecified atom stereocenters. The molecule has 4 aromatic carbocycles. The normalized spacial score (nSPS) is 11.2. The average molecular weight is 798 g/mol. The van der Waals surface area contributed by atoms with Crippen LogP contribution in [0.25, 0.3) is 0 Å². The summed E-state index contributed by atoms with van der Waals surface area (Å²) in [5.41, 5.74) is 1.39. The molecule has 0 aliphatic carbocycles. The summed E-state index contributed by atoms with van der Waals surface area (Å²) in [6.45, 7) is 0. The van der Waals surface area contributed by atoms with Gasteiger partial charge in [-0.05, 0) is 42.0 Å². The van der Waals surface area contributed by atoms with E-state index in [-0.39, 0.29) is 0 Å². The summed E-state index contributed by atoms with van der Waals surface area (Å²) in [6, 6.07) is 44.0. The van der Waals surface area contributed by atoms with Crippen molar-refractivity contribution in [1.82, 2.24) is 0 Å². The molecule has 0 amide bonds. The van der Waals surface area contributed by atoms with Crippen LogP contribution in [-0.2, 0) is 10.3 Å². The van der Waals surface area contributed by atoms with E-state index in [4.69, 9.17) is 0 Å². The van der Waals surface area contributed by atoms with Crippen molar-refractivity contribution < 1.29 is 4.15 Å². The van der Waals surface area contributed by atoms with E-state index in [1.54, 1.807) is 0 Å². The summed E-state index contributed by atoms with van der Waals surface area (Å²) in [7, 11) is -1.78. The fourth-order valence-electron chi connectivity index (χ4n) is 3.63. The van der Waals surface area contributed by atoms with E-state index < -0.39 is 7.26 Å². The van der Waals surface area contributed by atoms with E-state index in [0.717, 1.165) is 6.16 Å². The molecule has 0 saturated heterocycles. The molecule has 0 atom stereocenters. The first-order valence-electron chi connectivity index (χ1n) is 9.33. The topological polar surface area (TPSA) is 0 Å². The summed E-state index contributed by atoms with van der Waals surface area (Å²) in [5, 5.41) is 4.30. The summed E-state index contributed by atoms with van der Waals surface area (Å²) < 4.78 is 0.597. The van der Waals surface area contributed by atoms with Gasteiger partial charge in [0.1, 0.15) is 23.2 Å². The van der Waals surface area contributed by atoms with Crippen molar-refractivity contribution >= 4 is 84.2 Å². The van der Waals surface area contributed by atoms with E-state index in [1.807, 2.05) is 0 Å². The minimum atomic E-state index is -1.78. The smallest absolute Gasteiger partial charge is 0.0622 e. The zero-order valence-corrected chi connectivity index (χ0v) is 24.4. The Balaban J connectivity index is 0.000000589.